The first-order valence-electron chi connectivity index (χ1n) is 9.81. The van der Waals surface area contributed by atoms with Crippen molar-refractivity contribution in [3.8, 4) is 0 Å². The van der Waals surface area contributed by atoms with Crippen LogP contribution in [-0.4, -0.2) is 45.3 Å². The summed E-state index contributed by atoms with van der Waals surface area (Å²) < 4.78 is 45.5. The van der Waals surface area contributed by atoms with Crippen LogP contribution >= 0.6 is 11.8 Å². The SMILES string of the molecule is COC(=O)c1cc2nn(C3CCSCC3)cc2cc1NC(=O)c1cccc(C(F)(F)F)n1. The minimum absolute atomic E-state index is 0.0461. The van der Waals surface area contributed by atoms with Gasteiger partial charge in [-0.25, -0.2) is 9.78 Å². The summed E-state index contributed by atoms with van der Waals surface area (Å²) in [6, 6.07) is 6.36. The number of nitrogens with one attached hydrogen (secondary N) is 1. The van der Waals surface area contributed by atoms with Crippen molar-refractivity contribution < 1.29 is 27.5 Å². The topological polar surface area (TPSA) is 86.1 Å². The standard InChI is InChI=1S/C21H19F3N4O3S/c1-31-20(30)14-10-16-12(11-28(27-16)13-5-7-32-8-6-13)9-17(14)26-19(29)15-3-2-4-18(25-15)21(22,23)24/h2-4,9-11,13H,5-8H2,1H3,(H,26,29). The number of ether oxygens (including phenoxy) is 1. The molecule has 0 bridgehead atoms. The second-order valence-corrected chi connectivity index (χ2v) is 8.49. The molecule has 1 saturated heterocycles. The van der Waals surface area contributed by atoms with Crippen LogP contribution in [0.25, 0.3) is 10.9 Å². The Morgan fingerprint density at radius 2 is 1.97 bits per heavy atom. The van der Waals surface area contributed by atoms with Crippen LogP contribution in [0.1, 0.15) is 45.4 Å². The van der Waals surface area contributed by atoms with Gasteiger partial charge in [0.05, 0.1) is 29.9 Å². The lowest BCUT2D eigenvalue weighted by molar-refractivity contribution is -0.141. The van der Waals surface area contributed by atoms with Crippen molar-refractivity contribution in [3.63, 3.8) is 0 Å². The number of anilines is 1. The first kappa shape index (κ1) is 22.1. The summed E-state index contributed by atoms with van der Waals surface area (Å²) in [6.45, 7) is 0. The van der Waals surface area contributed by atoms with Crippen LogP contribution < -0.4 is 5.32 Å². The van der Waals surface area contributed by atoms with Gasteiger partial charge in [-0.3, -0.25) is 9.48 Å². The number of aromatic nitrogens is 3. The summed E-state index contributed by atoms with van der Waals surface area (Å²) in [4.78, 5) is 28.3. The Labute approximate surface area is 185 Å². The largest absolute Gasteiger partial charge is 0.465 e. The zero-order valence-electron chi connectivity index (χ0n) is 17.0. The summed E-state index contributed by atoms with van der Waals surface area (Å²) >= 11 is 1.89. The molecule has 0 saturated carbocycles. The number of hydrogen-bond donors (Lipinski definition) is 1. The van der Waals surface area contributed by atoms with Crippen molar-refractivity contribution in [2.24, 2.45) is 0 Å². The molecule has 1 fully saturated rings. The number of nitrogens with zero attached hydrogens (tertiary/aromatic N) is 3. The molecule has 168 valence electrons. The van der Waals surface area contributed by atoms with Gasteiger partial charge in [0.25, 0.3) is 5.91 Å². The molecule has 0 spiro atoms. The van der Waals surface area contributed by atoms with E-state index in [9.17, 15) is 22.8 Å². The molecule has 1 aliphatic rings. The lowest BCUT2D eigenvalue weighted by Gasteiger charge is -2.21. The number of methoxy groups -OCH3 is 1. The number of amides is 1. The Bertz CT molecular complexity index is 1170. The Morgan fingerprint density at radius 3 is 2.66 bits per heavy atom. The molecule has 3 heterocycles. The molecule has 1 aromatic carbocycles. The fraction of sp³-hybridized carbons (Fsp3) is 0.333. The number of fused-ring (bicyclic) bond motifs is 1. The number of halogens is 3. The summed E-state index contributed by atoms with van der Waals surface area (Å²) in [5, 5.41) is 7.76. The van der Waals surface area contributed by atoms with Gasteiger partial charge >= 0.3 is 12.1 Å². The highest BCUT2D eigenvalue weighted by Gasteiger charge is 2.33. The highest BCUT2D eigenvalue weighted by Crippen LogP contribution is 2.31. The fourth-order valence-corrected chi connectivity index (χ4v) is 4.60. The second kappa shape index (κ2) is 8.81. The molecule has 0 unspecified atom stereocenters. The quantitative estimate of drug-likeness (QED) is 0.570. The molecular formula is C21H19F3N4O3S. The average molecular weight is 464 g/mol. The maximum Gasteiger partial charge on any atom is 0.433 e. The highest BCUT2D eigenvalue weighted by atomic mass is 32.2. The van der Waals surface area contributed by atoms with E-state index in [2.05, 4.69) is 15.4 Å². The van der Waals surface area contributed by atoms with Crippen LogP contribution in [0.3, 0.4) is 0 Å². The van der Waals surface area contributed by atoms with Crippen LogP contribution in [0.15, 0.2) is 36.5 Å². The maximum atomic E-state index is 12.9. The van der Waals surface area contributed by atoms with Crippen molar-refractivity contribution >= 4 is 40.2 Å². The molecule has 0 radical (unpaired) electrons. The third-order valence-electron chi connectivity index (χ3n) is 5.15. The molecule has 1 aliphatic heterocycles. The van der Waals surface area contributed by atoms with Gasteiger partial charge < -0.3 is 10.1 Å². The van der Waals surface area contributed by atoms with Crippen LogP contribution in [0.2, 0.25) is 0 Å². The van der Waals surface area contributed by atoms with E-state index in [4.69, 9.17) is 4.74 Å². The lowest BCUT2D eigenvalue weighted by atomic mass is 10.1. The average Bonchev–Trinajstić information content (AvgIpc) is 3.21. The van der Waals surface area contributed by atoms with E-state index < -0.39 is 29.4 Å². The first-order chi connectivity index (χ1) is 15.3. The third-order valence-corrected chi connectivity index (χ3v) is 6.20. The first-order valence-corrected chi connectivity index (χ1v) is 11.0. The van der Waals surface area contributed by atoms with Gasteiger partial charge in [-0.15, -0.1) is 0 Å². The van der Waals surface area contributed by atoms with Crippen molar-refractivity contribution in [1.29, 1.82) is 0 Å². The number of pyridine rings is 1. The Morgan fingerprint density at radius 1 is 1.22 bits per heavy atom. The van der Waals surface area contributed by atoms with Crippen molar-refractivity contribution in [2.45, 2.75) is 25.1 Å². The van der Waals surface area contributed by atoms with Gasteiger partial charge in [0.1, 0.15) is 11.4 Å². The molecule has 32 heavy (non-hydrogen) atoms. The molecule has 1 N–H and O–H groups in total. The number of carbonyl (C=O) groups excluding carboxylic acids is 2. The summed E-state index contributed by atoms with van der Waals surface area (Å²) in [5.74, 6) is 0.499. The Kier molecular flexibility index (Phi) is 6.09. The predicted octanol–water partition coefficient (Wildman–Crippen LogP) is 4.56. The number of esters is 1. The molecule has 7 nitrogen and oxygen atoms in total. The molecular weight excluding hydrogens is 445 g/mol. The van der Waals surface area contributed by atoms with Crippen molar-refractivity contribution in [2.75, 3.05) is 23.9 Å². The van der Waals surface area contributed by atoms with Gasteiger partial charge in [-0.05, 0) is 48.6 Å². The molecule has 3 aromatic rings. The fourth-order valence-electron chi connectivity index (χ4n) is 3.52. The van der Waals surface area contributed by atoms with Crippen LogP contribution in [0.5, 0.6) is 0 Å². The van der Waals surface area contributed by atoms with Crippen molar-refractivity contribution in [3.05, 3.63) is 53.5 Å². The molecule has 0 atom stereocenters. The Hall–Kier alpha value is -3.08. The zero-order chi connectivity index (χ0) is 22.9. The second-order valence-electron chi connectivity index (χ2n) is 7.26. The van der Waals surface area contributed by atoms with Gasteiger partial charge in [0.2, 0.25) is 0 Å². The van der Waals surface area contributed by atoms with Crippen molar-refractivity contribution in [1.82, 2.24) is 14.8 Å². The molecule has 0 aliphatic carbocycles. The maximum absolute atomic E-state index is 12.9. The third kappa shape index (κ3) is 4.57. The monoisotopic (exact) mass is 464 g/mol. The minimum atomic E-state index is -4.68. The van der Waals surface area contributed by atoms with Gasteiger partial charge in [-0.1, -0.05) is 6.07 Å². The number of rotatable bonds is 4. The molecule has 2 aromatic heterocycles. The van der Waals surface area contributed by atoms with Gasteiger partial charge in [0, 0.05) is 11.6 Å². The number of benzene rings is 1. The number of thioether (sulfide) groups is 1. The van der Waals surface area contributed by atoms with E-state index in [0.29, 0.717) is 10.9 Å². The minimum Gasteiger partial charge on any atom is -0.465 e. The molecule has 1 amide bonds. The van der Waals surface area contributed by atoms with E-state index in [1.165, 1.54) is 19.2 Å². The summed E-state index contributed by atoms with van der Waals surface area (Å²) in [7, 11) is 1.20. The normalized spacial score (nSPS) is 15.0. The number of hydrogen-bond acceptors (Lipinski definition) is 6. The highest BCUT2D eigenvalue weighted by molar-refractivity contribution is 7.99. The number of carbonyl (C=O) groups is 2. The Balaban J connectivity index is 1.68. The summed E-state index contributed by atoms with van der Waals surface area (Å²) in [6.07, 6.45) is -0.880. The predicted molar refractivity (Wildman–Crippen MR) is 114 cm³/mol. The van der Waals surface area contributed by atoms with Gasteiger partial charge in [-0.2, -0.15) is 30.0 Å². The van der Waals surface area contributed by atoms with Crippen LogP contribution in [0.4, 0.5) is 18.9 Å². The smallest absolute Gasteiger partial charge is 0.433 e. The van der Waals surface area contributed by atoms with Gasteiger partial charge in [0.15, 0.2) is 0 Å². The van der Waals surface area contributed by atoms with Crippen LogP contribution in [-0.2, 0) is 10.9 Å². The number of alkyl halides is 3. The van der Waals surface area contributed by atoms with E-state index in [-0.39, 0.29) is 17.3 Å². The van der Waals surface area contributed by atoms with E-state index in [1.54, 1.807) is 6.07 Å². The molecule has 11 heteroatoms. The summed E-state index contributed by atoms with van der Waals surface area (Å²) in [5.41, 5.74) is -0.900. The van der Waals surface area contributed by atoms with E-state index >= 15 is 0 Å². The zero-order valence-corrected chi connectivity index (χ0v) is 17.8. The molecule has 4 rings (SSSR count). The van der Waals surface area contributed by atoms with E-state index in [1.807, 2.05) is 22.6 Å². The van der Waals surface area contributed by atoms with E-state index in [0.717, 1.165) is 36.5 Å². The van der Waals surface area contributed by atoms with Crippen LogP contribution in [0, 0.1) is 0 Å². The lowest BCUT2D eigenvalue weighted by Crippen LogP contribution is -2.18.